The zero-order valence-corrected chi connectivity index (χ0v) is 8.79. The first kappa shape index (κ1) is 10.4. The van der Waals surface area contributed by atoms with Crippen molar-refractivity contribution in [2.75, 3.05) is 18.9 Å². The summed E-state index contributed by atoms with van der Waals surface area (Å²) in [5, 5.41) is 4.34. The molecule has 0 rings (SSSR count). The third-order valence-electron chi connectivity index (χ3n) is 2.34. The van der Waals surface area contributed by atoms with Gasteiger partial charge in [0.05, 0.1) is 0 Å². The zero-order valence-electron chi connectivity index (χ0n) is 7.21. The Morgan fingerprint density at radius 2 is 1.80 bits per heavy atom. The van der Waals surface area contributed by atoms with Crippen molar-refractivity contribution >= 4 is 15.9 Å². The molecule has 0 saturated heterocycles. The fourth-order valence-corrected chi connectivity index (χ4v) is 2.10. The number of hydrogen-bond acceptors (Lipinski definition) is 1. The highest BCUT2D eigenvalue weighted by molar-refractivity contribution is 9.09. The smallest absolute Gasteiger partial charge is 0.00999 e. The normalized spacial score (nSPS) is 12.0. The summed E-state index contributed by atoms with van der Waals surface area (Å²) in [5.41, 5.74) is 0.481. The number of rotatable bonds is 5. The Balaban J connectivity index is 3.87. The van der Waals surface area contributed by atoms with Gasteiger partial charge in [-0.3, -0.25) is 0 Å². The molecule has 1 nitrogen and oxygen atoms in total. The topological polar surface area (TPSA) is 12.0 Å². The van der Waals surface area contributed by atoms with E-state index in [9.17, 15) is 0 Å². The van der Waals surface area contributed by atoms with Gasteiger partial charge in [-0.25, -0.2) is 0 Å². The summed E-state index contributed by atoms with van der Waals surface area (Å²) in [5.74, 6) is 0. The Labute approximate surface area is 72.7 Å². The van der Waals surface area contributed by atoms with Gasteiger partial charge in [0.15, 0.2) is 0 Å². The fraction of sp³-hybridized carbons (Fsp3) is 1.00. The fourth-order valence-electron chi connectivity index (χ4n) is 1.11. The second-order valence-corrected chi connectivity index (χ2v) is 3.43. The quantitative estimate of drug-likeness (QED) is 0.684. The van der Waals surface area contributed by atoms with Crippen molar-refractivity contribution in [3.8, 4) is 0 Å². The lowest BCUT2D eigenvalue weighted by atomic mass is 9.85. The van der Waals surface area contributed by atoms with E-state index in [1.165, 1.54) is 12.8 Å². The molecule has 0 aliphatic rings. The van der Waals surface area contributed by atoms with E-state index in [4.69, 9.17) is 0 Å². The van der Waals surface area contributed by atoms with Crippen molar-refractivity contribution in [2.45, 2.75) is 26.7 Å². The SMILES string of the molecule is CCC(CC)(CBr)CNC. The maximum absolute atomic E-state index is 3.55. The van der Waals surface area contributed by atoms with Crippen LogP contribution in [0.25, 0.3) is 0 Å². The molecule has 0 spiro atoms. The highest BCUT2D eigenvalue weighted by Crippen LogP contribution is 2.27. The molecule has 0 fully saturated rings. The second-order valence-electron chi connectivity index (χ2n) is 2.87. The van der Waals surface area contributed by atoms with Crippen molar-refractivity contribution in [3.63, 3.8) is 0 Å². The van der Waals surface area contributed by atoms with E-state index in [1.807, 2.05) is 7.05 Å². The maximum Gasteiger partial charge on any atom is 0.00999 e. The molecule has 0 aliphatic heterocycles. The van der Waals surface area contributed by atoms with E-state index in [-0.39, 0.29) is 0 Å². The van der Waals surface area contributed by atoms with Crippen LogP contribution in [0.3, 0.4) is 0 Å². The average molecular weight is 208 g/mol. The van der Waals surface area contributed by atoms with E-state index in [2.05, 4.69) is 35.1 Å². The van der Waals surface area contributed by atoms with Gasteiger partial charge in [0, 0.05) is 11.9 Å². The summed E-state index contributed by atoms with van der Waals surface area (Å²) < 4.78 is 0. The Bertz CT molecular complexity index is 71.1. The number of alkyl halides is 1. The molecule has 0 aromatic rings. The number of halogens is 1. The maximum atomic E-state index is 3.55. The molecular weight excluding hydrogens is 190 g/mol. The summed E-state index contributed by atoms with van der Waals surface area (Å²) in [6, 6.07) is 0. The van der Waals surface area contributed by atoms with Gasteiger partial charge < -0.3 is 5.32 Å². The summed E-state index contributed by atoms with van der Waals surface area (Å²) in [4.78, 5) is 0. The van der Waals surface area contributed by atoms with E-state index in [1.54, 1.807) is 0 Å². The summed E-state index contributed by atoms with van der Waals surface area (Å²) in [6.45, 7) is 5.62. The van der Waals surface area contributed by atoms with Gasteiger partial charge >= 0.3 is 0 Å². The van der Waals surface area contributed by atoms with Crippen molar-refractivity contribution in [1.29, 1.82) is 0 Å². The summed E-state index contributed by atoms with van der Waals surface area (Å²) in [6.07, 6.45) is 2.49. The van der Waals surface area contributed by atoms with Gasteiger partial charge in [-0.05, 0) is 25.3 Å². The summed E-state index contributed by atoms with van der Waals surface area (Å²) >= 11 is 3.55. The lowest BCUT2D eigenvalue weighted by Gasteiger charge is -2.28. The highest BCUT2D eigenvalue weighted by atomic mass is 79.9. The Kier molecular flexibility index (Phi) is 5.36. The van der Waals surface area contributed by atoms with Crippen LogP contribution < -0.4 is 5.32 Å². The monoisotopic (exact) mass is 207 g/mol. The second kappa shape index (κ2) is 5.14. The first-order valence-corrected chi connectivity index (χ1v) is 5.07. The zero-order chi connectivity index (χ0) is 8.04. The third kappa shape index (κ3) is 2.59. The standard InChI is InChI=1S/C8H18BrN/c1-4-8(5-2,6-9)7-10-3/h10H,4-7H2,1-3H3. The number of nitrogens with one attached hydrogen (secondary N) is 1. The van der Waals surface area contributed by atoms with Gasteiger partial charge in [-0.2, -0.15) is 0 Å². The van der Waals surface area contributed by atoms with Gasteiger partial charge in [-0.1, -0.05) is 29.8 Å². The average Bonchev–Trinajstić information content (AvgIpc) is 2.01. The molecule has 0 unspecified atom stereocenters. The molecule has 0 aliphatic carbocycles. The van der Waals surface area contributed by atoms with Crippen LogP contribution in [0, 0.1) is 5.41 Å². The molecule has 1 N–H and O–H groups in total. The Hall–Kier alpha value is 0.440. The van der Waals surface area contributed by atoms with Crippen LogP contribution in [0.2, 0.25) is 0 Å². The molecule has 2 heteroatoms. The minimum Gasteiger partial charge on any atom is -0.319 e. The van der Waals surface area contributed by atoms with Crippen LogP contribution in [-0.4, -0.2) is 18.9 Å². The molecule has 10 heavy (non-hydrogen) atoms. The predicted molar refractivity (Wildman–Crippen MR) is 50.7 cm³/mol. The van der Waals surface area contributed by atoms with Crippen molar-refractivity contribution < 1.29 is 0 Å². The molecule has 62 valence electrons. The van der Waals surface area contributed by atoms with E-state index < -0.39 is 0 Å². The summed E-state index contributed by atoms with van der Waals surface area (Å²) in [7, 11) is 2.02. The molecule has 0 aromatic heterocycles. The van der Waals surface area contributed by atoms with Gasteiger partial charge in [0.1, 0.15) is 0 Å². The van der Waals surface area contributed by atoms with Crippen LogP contribution in [0.5, 0.6) is 0 Å². The van der Waals surface area contributed by atoms with E-state index in [0.717, 1.165) is 11.9 Å². The molecule has 0 saturated carbocycles. The van der Waals surface area contributed by atoms with Gasteiger partial charge in [-0.15, -0.1) is 0 Å². The van der Waals surface area contributed by atoms with Gasteiger partial charge in [0.25, 0.3) is 0 Å². The highest BCUT2D eigenvalue weighted by Gasteiger charge is 2.22. The minimum atomic E-state index is 0.481. The largest absolute Gasteiger partial charge is 0.319 e. The van der Waals surface area contributed by atoms with Crippen LogP contribution >= 0.6 is 15.9 Å². The molecule has 0 radical (unpaired) electrons. The predicted octanol–water partition coefficient (Wildman–Crippen LogP) is 2.41. The Morgan fingerprint density at radius 1 is 1.30 bits per heavy atom. The molecular formula is C8H18BrN. The third-order valence-corrected chi connectivity index (χ3v) is 3.52. The van der Waals surface area contributed by atoms with Gasteiger partial charge in [0.2, 0.25) is 0 Å². The first-order valence-electron chi connectivity index (χ1n) is 3.95. The molecule has 0 bridgehead atoms. The van der Waals surface area contributed by atoms with Crippen molar-refractivity contribution in [3.05, 3.63) is 0 Å². The van der Waals surface area contributed by atoms with Crippen molar-refractivity contribution in [2.24, 2.45) is 5.41 Å². The van der Waals surface area contributed by atoms with Crippen LogP contribution in [-0.2, 0) is 0 Å². The van der Waals surface area contributed by atoms with Crippen LogP contribution in [0.4, 0.5) is 0 Å². The molecule has 0 aromatic carbocycles. The Morgan fingerprint density at radius 3 is 1.90 bits per heavy atom. The molecule has 0 heterocycles. The van der Waals surface area contributed by atoms with E-state index >= 15 is 0 Å². The molecule has 0 atom stereocenters. The minimum absolute atomic E-state index is 0.481. The lowest BCUT2D eigenvalue weighted by Crippen LogP contribution is -2.32. The molecule has 0 amide bonds. The number of hydrogen-bond donors (Lipinski definition) is 1. The first-order chi connectivity index (χ1) is 4.74. The lowest BCUT2D eigenvalue weighted by molar-refractivity contribution is 0.300. The van der Waals surface area contributed by atoms with Crippen LogP contribution in [0.15, 0.2) is 0 Å². The van der Waals surface area contributed by atoms with Crippen LogP contribution in [0.1, 0.15) is 26.7 Å². The van der Waals surface area contributed by atoms with E-state index in [0.29, 0.717) is 5.41 Å². The van der Waals surface area contributed by atoms with Crippen molar-refractivity contribution in [1.82, 2.24) is 5.32 Å².